The van der Waals surface area contributed by atoms with E-state index in [0.29, 0.717) is 13.1 Å². The van der Waals surface area contributed by atoms with Crippen LogP contribution in [0.15, 0.2) is 30.3 Å². The van der Waals surface area contributed by atoms with Crippen molar-refractivity contribution in [2.75, 3.05) is 20.2 Å². The summed E-state index contributed by atoms with van der Waals surface area (Å²) in [5.41, 5.74) is 1.22. The first-order chi connectivity index (χ1) is 9.20. The van der Waals surface area contributed by atoms with Gasteiger partial charge >= 0.3 is 6.09 Å². The Labute approximate surface area is 113 Å². The molecule has 2 N–H and O–H groups in total. The van der Waals surface area contributed by atoms with E-state index in [2.05, 4.69) is 17.4 Å². The highest BCUT2D eigenvalue weighted by molar-refractivity contribution is 5.65. The molecule has 1 aliphatic rings. The van der Waals surface area contributed by atoms with Crippen LogP contribution in [0.25, 0.3) is 0 Å². The van der Waals surface area contributed by atoms with Gasteiger partial charge in [0.15, 0.2) is 0 Å². The average Bonchev–Trinajstić information content (AvgIpc) is 2.45. The molecule has 0 spiro atoms. The predicted molar refractivity (Wildman–Crippen MR) is 72.1 cm³/mol. The fourth-order valence-corrected chi connectivity index (χ4v) is 2.41. The first-order valence-corrected chi connectivity index (χ1v) is 6.48. The van der Waals surface area contributed by atoms with Crippen LogP contribution in [-0.4, -0.2) is 48.4 Å². The van der Waals surface area contributed by atoms with Crippen LogP contribution < -0.4 is 5.32 Å². The molecule has 0 radical (unpaired) electrons. The molecule has 0 saturated carbocycles. The summed E-state index contributed by atoms with van der Waals surface area (Å²) in [5, 5.41) is 12.4. The normalized spacial score (nSPS) is 23.3. The van der Waals surface area contributed by atoms with Gasteiger partial charge in [-0.1, -0.05) is 30.3 Å². The number of carboxylic acid groups (broad SMARTS) is 1. The van der Waals surface area contributed by atoms with Crippen LogP contribution in [-0.2, 0) is 11.3 Å². The van der Waals surface area contributed by atoms with Gasteiger partial charge in [-0.05, 0) is 12.0 Å². The van der Waals surface area contributed by atoms with Crippen LogP contribution in [0.2, 0.25) is 0 Å². The van der Waals surface area contributed by atoms with Crippen molar-refractivity contribution in [2.24, 2.45) is 0 Å². The summed E-state index contributed by atoms with van der Waals surface area (Å²) in [5.74, 6) is 0. The third-order valence-corrected chi connectivity index (χ3v) is 3.54. The van der Waals surface area contributed by atoms with Crippen molar-refractivity contribution in [3.63, 3.8) is 0 Å². The first kappa shape index (κ1) is 13.8. The van der Waals surface area contributed by atoms with Crippen molar-refractivity contribution in [2.45, 2.75) is 25.1 Å². The average molecular weight is 264 g/mol. The van der Waals surface area contributed by atoms with Crippen molar-refractivity contribution in [3.05, 3.63) is 35.9 Å². The quantitative estimate of drug-likeness (QED) is 0.866. The molecular formula is C14H20N2O3. The molecule has 2 atom stereocenters. The third-order valence-electron chi connectivity index (χ3n) is 3.54. The number of piperidine rings is 1. The van der Waals surface area contributed by atoms with Crippen LogP contribution in [0.5, 0.6) is 0 Å². The number of nitrogens with zero attached hydrogens (tertiary/aromatic N) is 1. The highest BCUT2D eigenvalue weighted by Crippen LogP contribution is 2.14. The first-order valence-electron chi connectivity index (χ1n) is 6.48. The lowest BCUT2D eigenvalue weighted by Crippen LogP contribution is -2.54. The summed E-state index contributed by atoms with van der Waals surface area (Å²) in [4.78, 5) is 12.4. The van der Waals surface area contributed by atoms with Gasteiger partial charge in [0.2, 0.25) is 0 Å². The molecule has 1 aliphatic heterocycles. The van der Waals surface area contributed by atoms with E-state index in [1.807, 2.05) is 18.2 Å². The lowest BCUT2D eigenvalue weighted by molar-refractivity contribution is 0.00921. The Kier molecular flexibility index (Phi) is 4.76. The number of amides is 1. The van der Waals surface area contributed by atoms with Gasteiger partial charge in [0.1, 0.15) is 0 Å². The summed E-state index contributed by atoms with van der Waals surface area (Å²) in [6, 6.07) is 10.4. The van der Waals surface area contributed by atoms with Crippen molar-refractivity contribution in [1.82, 2.24) is 10.2 Å². The minimum Gasteiger partial charge on any atom is -0.465 e. The summed E-state index contributed by atoms with van der Waals surface area (Å²) >= 11 is 0. The predicted octanol–water partition coefficient (Wildman–Crippen LogP) is 1.54. The van der Waals surface area contributed by atoms with Crippen LogP contribution in [0, 0.1) is 0 Å². The number of hydrogen-bond acceptors (Lipinski definition) is 3. The number of likely N-dealkylation sites (tertiary alicyclic amines) is 1. The fraction of sp³-hybridized carbons (Fsp3) is 0.500. The molecule has 1 aromatic rings. The second-order valence-electron chi connectivity index (χ2n) is 4.76. The second-order valence-corrected chi connectivity index (χ2v) is 4.76. The molecule has 1 aromatic carbocycles. The molecule has 0 unspecified atom stereocenters. The molecule has 104 valence electrons. The van der Waals surface area contributed by atoms with E-state index in [0.717, 1.165) is 13.0 Å². The van der Waals surface area contributed by atoms with Crippen LogP contribution >= 0.6 is 0 Å². The van der Waals surface area contributed by atoms with E-state index in [4.69, 9.17) is 9.84 Å². The number of ether oxygens (including phenoxy) is 1. The molecule has 5 nitrogen and oxygen atoms in total. The zero-order valence-electron chi connectivity index (χ0n) is 11.1. The second kappa shape index (κ2) is 6.54. The maximum atomic E-state index is 11.0. The molecule has 1 fully saturated rings. The van der Waals surface area contributed by atoms with E-state index < -0.39 is 6.09 Å². The third kappa shape index (κ3) is 3.68. The van der Waals surface area contributed by atoms with Crippen LogP contribution in [0.3, 0.4) is 0 Å². The molecule has 1 heterocycles. The van der Waals surface area contributed by atoms with Crippen LogP contribution in [0.1, 0.15) is 12.0 Å². The van der Waals surface area contributed by atoms with Gasteiger partial charge in [-0.3, -0.25) is 0 Å². The molecule has 1 amide bonds. The van der Waals surface area contributed by atoms with E-state index in [1.54, 1.807) is 7.11 Å². The Hall–Kier alpha value is -1.59. The maximum absolute atomic E-state index is 11.0. The number of rotatable bonds is 4. The van der Waals surface area contributed by atoms with Gasteiger partial charge in [0, 0.05) is 26.2 Å². The molecule has 2 rings (SSSR count). The number of carbonyl (C=O) groups is 1. The number of methoxy groups -OCH3 is 1. The maximum Gasteiger partial charge on any atom is 0.407 e. The van der Waals surface area contributed by atoms with E-state index in [9.17, 15) is 4.79 Å². The zero-order chi connectivity index (χ0) is 13.7. The highest BCUT2D eigenvalue weighted by atomic mass is 16.5. The van der Waals surface area contributed by atoms with Gasteiger partial charge in [0.25, 0.3) is 0 Å². The van der Waals surface area contributed by atoms with Gasteiger partial charge < -0.3 is 20.1 Å². The molecule has 5 heteroatoms. The van der Waals surface area contributed by atoms with Crippen molar-refractivity contribution in [3.8, 4) is 0 Å². The molecule has 0 bridgehead atoms. The summed E-state index contributed by atoms with van der Waals surface area (Å²) in [7, 11) is 1.63. The molecule has 1 saturated heterocycles. The molecule has 0 aliphatic carbocycles. The van der Waals surface area contributed by atoms with Gasteiger partial charge in [-0.25, -0.2) is 4.79 Å². The Bertz CT molecular complexity index is 410. The van der Waals surface area contributed by atoms with Gasteiger partial charge in [-0.15, -0.1) is 0 Å². The van der Waals surface area contributed by atoms with Crippen molar-refractivity contribution < 1.29 is 14.6 Å². The monoisotopic (exact) mass is 264 g/mol. The summed E-state index contributed by atoms with van der Waals surface area (Å²) in [6.07, 6.45) is -0.186. The summed E-state index contributed by atoms with van der Waals surface area (Å²) in [6.45, 7) is 1.76. The molecular weight excluding hydrogens is 244 g/mol. The van der Waals surface area contributed by atoms with E-state index in [1.165, 1.54) is 10.5 Å². The van der Waals surface area contributed by atoms with Gasteiger partial charge in [0.05, 0.1) is 12.6 Å². The Morgan fingerprint density at radius 2 is 2.21 bits per heavy atom. The lowest BCUT2D eigenvalue weighted by atomic mass is 10.0. The topological polar surface area (TPSA) is 61.8 Å². The Balaban J connectivity index is 1.88. The summed E-state index contributed by atoms with van der Waals surface area (Å²) < 4.78 is 5.41. The van der Waals surface area contributed by atoms with E-state index in [-0.39, 0.29) is 12.1 Å². The number of nitrogens with one attached hydrogen (secondary N) is 1. The lowest BCUT2D eigenvalue weighted by Gasteiger charge is -2.36. The Morgan fingerprint density at radius 1 is 1.47 bits per heavy atom. The standard InChI is InChI=1S/C14H20N2O3/c1-19-13-10-16(14(17)18)8-7-12(13)15-9-11-5-3-2-4-6-11/h2-6,12-13,15H,7-10H2,1H3,(H,17,18)/t12-,13+/m1/s1. The highest BCUT2D eigenvalue weighted by Gasteiger charge is 2.30. The smallest absolute Gasteiger partial charge is 0.407 e. The molecule has 0 aromatic heterocycles. The number of hydrogen-bond donors (Lipinski definition) is 2. The Morgan fingerprint density at radius 3 is 2.84 bits per heavy atom. The zero-order valence-corrected chi connectivity index (χ0v) is 11.1. The minimum atomic E-state index is -0.872. The fourth-order valence-electron chi connectivity index (χ4n) is 2.41. The molecule has 19 heavy (non-hydrogen) atoms. The largest absolute Gasteiger partial charge is 0.465 e. The van der Waals surface area contributed by atoms with Crippen molar-refractivity contribution in [1.29, 1.82) is 0 Å². The van der Waals surface area contributed by atoms with Gasteiger partial charge in [-0.2, -0.15) is 0 Å². The van der Waals surface area contributed by atoms with E-state index >= 15 is 0 Å². The SMILES string of the molecule is CO[C@H]1CN(C(=O)O)CC[C@H]1NCc1ccccc1. The minimum absolute atomic E-state index is 0.0893. The number of benzene rings is 1. The van der Waals surface area contributed by atoms with Crippen LogP contribution in [0.4, 0.5) is 4.79 Å². The van der Waals surface area contributed by atoms with Crippen molar-refractivity contribution >= 4 is 6.09 Å².